The molecule has 196 valence electrons. The van der Waals surface area contributed by atoms with E-state index < -0.39 is 35.1 Å². The summed E-state index contributed by atoms with van der Waals surface area (Å²) in [6.07, 6.45) is 1.16. The van der Waals surface area contributed by atoms with Crippen molar-refractivity contribution in [2.45, 2.75) is 71.1 Å². The molecule has 2 fully saturated rings. The van der Waals surface area contributed by atoms with Gasteiger partial charge in [0.2, 0.25) is 5.91 Å². The summed E-state index contributed by atoms with van der Waals surface area (Å²) in [4.78, 5) is 55.8. The van der Waals surface area contributed by atoms with Gasteiger partial charge in [-0.15, -0.1) is 0 Å². The van der Waals surface area contributed by atoms with Crippen LogP contribution in [0.4, 0.5) is 16.2 Å². The van der Waals surface area contributed by atoms with Crippen LogP contribution in [0.3, 0.4) is 0 Å². The van der Waals surface area contributed by atoms with Gasteiger partial charge in [-0.3, -0.25) is 14.4 Å². The van der Waals surface area contributed by atoms with Crippen molar-refractivity contribution in [1.82, 2.24) is 4.90 Å². The molecule has 10 nitrogen and oxygen atoms in total. The molecule has 36 heavy (non-hydrogen) atoms. The molecule has 0 bridgehead atoms. The monoisotopic (exact) mass is 501 g/mol. The van der Waals surface area contributed by atoms with Gasteiger partial charge in [-0.1, -0.05) is 0 Å². The van der Waals surface area contributed by atoms with E-state index in [0.717, 1.165) is 12.8 Å². The van der Waals surface area contributed by atoms with Crippen LogP contribution in [0.5, 0.6) is 5.75 Å². The number of ether oxygens (including phenoxy) is 2. The number of amides is 3. The minimum Gasteiger partial charge on any atom is -0.481 e. The molecule has 2 aliphatic heterocycles. The lowest BCUT2D eigenvalue weighted by molar-refractivity contribution is -0.145. The molecule has 0 spiro atoms. The fourth-order valence-corrected chi connectivity index (χ4v) is 4.82. The van der Waals surface area contributed by atoms with E-state index in [0.29, 0.717) is 17.1 Å². The van der Waals surface area contributed by atoms with Gasteiger partial charge in [0.05, 0.1) is 17.5 Å². The number of likely N-dealkylation sites (N-methyl/N-ethyl adjacent to an activating group) is 1. The molecule has 1 N–H and O–H groups in total. The molecule has 1 saturated heterocycles. The molecule has 3 amide bonds. The number of piperidine rings is 1. The number of rotatable bonds is 4. The first-order chi connectivity index (χ1) is 16.7. The maximum atomic E-state index is 13.9. The summed E-state index contributed by atoms with van der Waals surface area (Å²) < 4.78 is 11.3. The molecule has 2 heterocycles. The zero-order chi connectivity index (χ0) is 26.6. The van der Waals surface area contributed by atoms with Crippen LogP contribution in [-0.4, -0.2) is 71.3 Å². The van der Waals surface area contributed by atoms with Crippen molar-refractivity contribution in [3.8, 4) is 5.75 Å². The average molecular weight is 502 g/mol. The van der Waals surface area contributed by atoms with Crippen LogP contribution in [0.2, 0.25) is 0 Å². The number of benzene rings is 1. The Morgan fingerprint density at radius 1 is 1.14 bits per heavy atom. The SMILES string of the molecule is CN1C(=O)C(C)(C)Oc2ccc(N(C(=O)C3CC(C(=O)O)CN(C(=O)OC(C)(C)C)C3)C3CC3)cc21. The molecular formula is C26H35N3O7. The number of carboxylic acids is 1. The lowest BCUT2D eigenvalue weighted by Gasteiger charge is -2.39. The Morgan fingerprint density at radius 2 is 1.78 bits per heavy atom. The van der Waals surface area contributed by atoms with Crippen LogP contribution in [0.15, 0.2) is 18.2 Å². The molecule has 1 aliphatic carbocycles. The van der Waals surface area contributed by atoms with Crippen molar-refractivity contribution in [3.63, 3.8) is 0 Å². The Morgan fingerprint density at radius 3 is 2.36 bits per heavy atom. The Labute approximate surface area is 211 Å². The number of carbonyl (C=O) groups excluding carboxylic acids is 3. The van der Waals surface area contributed by atoms with Gasteiger partial charge in [0.1, 0.15) is 11.4 Å². The van der Waals surface area contributed by atoms with E-state index in [9.17, 15) is 24.3 Å². The fourth-order valence-electron chi connectivity index (χ4n) is 4.82. The van der Waals surface area contributed by atoms with E-state index in [2.05, 4.69) is 0 Å². The molecule has 0 radical (unpaired) electrons. The number of carboxylic acid groups (broad SMARTS) is 1. The van der Waals surface area contributed by atoms with Crippen molar-refractivity contribution in [2.24, 2.45) is 11.8 Å². The Bertz CT molecular complexity index is 1090. The molecule has 1 saturated carbocycles. The van der Waals surface area contributed by atoms with E-state index >= 15 is 0 Å². The maximum absolute atomic E-state index is 13.9. The highest BCUT2D eigenvalue weighted by Crippen LogP contribution is 2.42. The van der Waals surface area contributed by atoms with Gasteiger partial charge in [0, 0.05) is 31.9 Å². The van der Waals surface area contributed by atoms with Crippen LogP contribution in [0.25, 0.3) is 0 Å². The van der Waals surface area contributed by atoms with Gasteiger partial charge in [0.25, 0.3) is 5.91 Å². The summed E-state index contributed by atoms with van der Waals surface area (Å²) in [5, 5.41) is 9.72. The average Bonchev–Trinajstić information content (AvgIpc) is 3.61. The summed E-state index contributed by atoms with van der Waals surface area (Å²) in [7, 11) is 1.68. The molecule has 2 unspecified atom stereocenters. The second-order valence-electron chi connectivity index (χ2n) is 11.4. The fraction of sp³-hybridized carbons (Fsp3) is 0.615. The van der Waals surface area contributed by atoms with Gasteiger partial charge in [-0.2, -0.15) is 0 Å². The smallest absolute Gasteiger partial charge is 0.410 e. The van der Waals surface area contributed by atoms with E-state index in [1.807, 2.05) is 0 Å². The number of fused-ring (bicyclic) bond motifs is 1. The van der Waals surface area contributed by atoms with Crippen molar-refractivity contribution < 1.29 is 33.8 Å². The molecule has 4 rings (SSSR count). The third-order valence-corrected chi connectivity index (χ3v) is 6.72. The quantitative estimate of drug-likeness (QED) is 0.673. The predicted octanol–water partition coefficient (Wildman–Crippen LogP) is 3.27. The Hall–Kier alpha value is -3.30. The molecule has 10 heteroatoms. The summed E-state index contributed by atoms with van der Waals surface area (Å²) in [5.74, 6) is -2.49. The second-order valence-corrected chi connectivity index (χ2v) is 11.4. The van der Waals surface area contributed by atoms with Crippen LogP contribution in [-0.2, 0) is 19.1 Å². The number of likely N-dealkylation sites (tertiary alicyclic amines) is 1. The number of hydrogen-bond donors (Lipinski definition) is 1. The third-order valence-electron chi connectivity index (χ3n) is 6.72. The highest BCUT2D eigenvalue weighted by atomic mass is 16.6. The maximum Gasteiger partial charge on any atom is 0.410 e. The third kappa shape index (κ3) is 5.12. The van der Waals surface area contributed by atoms with E-state index in [1.165, 1.54) is 9.80 Å². The Balaban J connectivity index is 1.62. The standard InChI is InChI=1S/C26H35N3O7/c1-25(2,3)36-24(34)28-13-15(11-16(14-28)22(31)32)21(30)29(17-7-8-17)18-9-10-20-19(12-18)27(6)23(33)26(4,5)35-20/h9-10,12,15-17H,7-8,11,13-14H2,1-6H3,(H,31,32). The van der Waals surface area contributed by atoms with E-state index in [1.54, 1.807) is 64.8 Å². The van der Waals surface area contributed by atoms with E-state index in [4.69, 9.17) is 9.47 Å². The number of aliphatic carboxylic acids is 1. The molecule has 3 aliphatic rings. The van der Waals surface area contributed by atoms with Crippen molar-refractivity contribution in [1.29, 1.82) is 0 Å². The van der Waals surface area contributed by atoms with Crippen LogP contribution in [0, 0.1) is 11.8 Å². The van der Waals surface area contributed by atoms with Gasteiger partial charge in [0.15, 0.2) is 5.60 Å². The topological polar surface area (TPSA) is 117 Å². The van der Waals surface area contributed by atoms with Gasteiger partial charge < -0.3 is 29.3 Å². The van der Waals surface area contributed by atoms with Crippen LogP contribution < -0.4 is 14.5 Å². The zero-order valence-corrected chi connectivity index (χ0v) is 21.7. The first kappa shape index (κ1) is 25.8. The normalized spacial score (nSPS) is 23.4. The molecule has 2 atom stereocenters. The molecule has 1 aromatic rings. The van der Waals surface area contributed by atoms with Crippen LogP contribution in [0.1, 0.15) is 53.9 Å². The predicted molar refractivity (Wildman–Crippen MR) is 132 cm³/mol. The number of anilines is 2. The van der Waals surface area contributed by atoms with Crippen LogP contribution >= 0.6 is 0 Å². The summed E-state index contributed by atoms with van der Waals surface area (Å²) in [6, 6.07) is 5.30. The second kappa shape index (κ2) is 8.97. The lowest BCUT2D eigenvalue weighted by Crippen LogP contribution is -2.52. The minimum atomic E-state index is -1.05. The first-order valence-corrected chi connectivity index (χ1v) is 12.3. The number of hydrogen-bond acceptors (Lipinski definition) is 6. The minimum absolute atomic E-state index is 0.00364. The van der Waals surface area contributed by atoms with Gasteiger partial charge >= 0.3 is 12.1 Å². The highest BCUT2D eigenvalue weighted by Gasteiger charge is 2.44. The van der Waals surface area contributed by atoms with Crippen molar-refractivity contribution >= 4 is 35.3 Å². The first-order valence-electron chi connectivity index (χ1n) is 12.3. The van der Waals surface area contributed by atoms with E-state index in [-0.39, 0.29) is 37.4 Å². The summed E-state index contributed by atoms with van der Waals surface area (Å²) >= 11 is 0. The Kier molecular flexibility index (Phi) is 6.43. The summed E-state index contributed by atoms with van der Waals surface area (Å²) in [5.41, 5.74) is -0.548. The van der Waals surface area contributed by atoms with Gasteiger partial charge in [-0.25, -0.2) is 4.79 Å². The van der Waals surface area contributed by atoms with Crippen molar-refractivity contribution in [3.05, 3.63) is 18.2 Å². The highest BCUT2D eigenvalue weighted by molar-refractivity contribution is 6.03. The van der Waals surface area contributed by atoms with Gasteiger partial charge in [-0.05, 0) is 72.1 Å². The molecule has 1 aromatic carbocycles. The molecular weight excluding hydrogens is 466 g/mol. The summed E-state index contributed by atoms with van der Waals surface area (Å²) in [6.45, 7) is 8.72. The molecule has 0 aromatic heterocycles. The number of carbonyl (C=O) groups is 4. The van der Waals surface area contributed by atoms with Crippen molar-refractivity contribution in [2.75, 3.05) is 29.9 Å². The zero-order valence-electron chi connectivity index (χ0n) is 21.7. The largest absolute Gasteiger partial charge is 0.481 e. The number of nitrogens with zero attached hydrogens (tertiary/aromatic N) is 3. The lowest BCUT2D eigenvalue weighted by atomic mass is 9.88.